The van der Waals surface area contributed by atoms with Crippen LogP contribution in [0.4, 0.5) is 5.69 Å². The van der Waals surface area contributed by atoms with Gasteiger partial charge in [-0.1, -0.05) is 42.8 Å². The summed E-state index contributed by atoms with van der Waals surface area (Å²) in [6, 6.07) is 14.2. The molecule has 0 atom stereocenters. The topological polar surface area (TPSA) is 21.3 Å². The van der Waals surface area contributed by atoms with Crippen LogP contribution in [-0.2, 0) is 6.54 Å². The highest BCUT2D eigenvalue weighted by Crippen LogP contribution is 2.26. The van der Waals surface area contributed by atoms with Crippen LogP contribution < -0.4 is 10.1 Å². The zero-order valence-corrected chi connectivity index (χ0v) is 12.7. The fraction of sp³-hybridized carbons (Fsp3) is 0.294. The van der Waals surface area contributed by atoms with Gasteiger partial charge in [0.25, 0.3) is 0 Å². The number of nitrogens with one attached hydrogen (secondary N) is 1. The van der Waals surface area contributed by atoms with Crippen molar-refractivity contribution in [2.24, 2.45) is 0 Å². The van der Waals surface area contributed by atoms with Gasteiger partial charge in [-0.15, -0.1) is 0 Å². The predicted octanol–water partition coefficient (Wildman–Crippen LogP) is 5.05. The quantitative estimate of drug-likeness (QED) is 0.803. The second kappa shape index (κ2) is 7.20. The van der Waals surface area contributed by atoms with Crippen molar-refractivity contribution in [3.05, 3.63) is 58.6 Å². The fourth-order valence-electron chi connectivity index (χ4n) is 1.95. The minimum absolute atomic E-state index is 0.669. The van der Waals surface area contributed by atoms with Crippen molar-refractivity contribution in [1.29, 1.82) is 0 Å². The standard InChI is InChI=1S/C17H20ClNO/c1-3-10-20-17-9-8-14(11-15(17)18)12-19-16-7-5-4-6-13(16)2/h4-9,11,19H,3,10,12H2,1-2H3. The Bertz CT molecular complexity index is 569. The average Bonchev–Trinajstić information content (AvgIpc) is 2.45. The Kier molecular flexibility index (Phi) is 5.31. The molecular weight excluding hydrogens is 270 g/mol. The van der Waals surface area contributed by atoms with Gasteiger partial charge in [-0.3, -0.25) is 0 Å². The summed E-state index contributed by atoms with van der Waals surface area (Å²) in [6.45, 7) is 5.62. The van der Waals surface area contributed by atoms with E-state index >= 15 is 0 Å². The molecule has 0 aliphatic heterocycles. The van der Waals surface area contributed by atoms with Crippen LogP contribution >= 0.6 is 11.6 Å². The summed E-state index contributed by atoms with van der Waals surface area (Å²) < 4.78 is 5.57. The second-order valence-corrected chi connectivity index (χ2v) is 5.19. The highest BCUT2D eigenvalue weighted by molar-refractivity contribution is 6.32. The van der Waals surface area contributed by atoms with Gasteiger partial charge in [0, 0.05) is 12.2 Å². The molecule has 0 saturated heterocycles. The van der Waals surface area contributed by atoms with Gasteiger partial charge >= 0.3 is 0 Å². The minimum atomic E-state index is 0.669. The molecule has 0 aliphatic rings. The number of hydrogen-bond acceptors (Lipinski definition) is 2. The maximum absolute atomic E-state index is 6.23. The van der Waals surface area contributed by atoms with Crippen LogP contribution in [0.15, 0.2) is 42.5 Å². The largest absolute Gasteiger partial charge is 0.492 e. The van der Waals surface area contributed by atoms with Crippen LogP contribution in [-0.4, -0.2) is 6.61 Å². The second-order valence-electron chi connectivity index (χ2n) is 4.78. The van der Waals surface area contributed by atoms with E-state index in [1.54, 1.807) is 0 Å². The highest BCUT2D eigenvalue weighted by Gasteiger charge is 2.03. The third-order valence-corrected chi connectivity index (χ3v) is 3.38. The Hall–Kier alpha value is -1.67. The van der Waals surface area contributed by atoms with Crippen LogP contribution in [0.3, 0.4) is 0 Å². The fourth-order valence-corrected chi connectivity index (χ4v) is 2.21. The summed E-state index contributed by atoms with van der Waals surface area (Å²) >= 11 is 6.23. The summed E-state index contributed by atoms with van der Waals surface area (Å²) in [7, 11) is 0. The van der Waals surface area contributed by atoms with Gasteiger partial charge in [-0.05, 0) is 42.7 Å². The number of para-hydroxylation sites is 1. The number of ether oxygens (including phenoxy) is 1. The van der Waals surface area contributed by atoms with Gasteiger partial charge in [0.05, 0.1) is 11.6 Å². The Morgan fingerprint density at radius 3 is 2.65 bits per heavy atom. The molecule has 0 amide bonds. The van der Waals surface area contributed by atoms with E-state index in [0.29, 0.717) is 11.6 Å². The molecule has 0 unspecified atom stereocenters. The molecule has 2 rings (SSSR count). The van der Waals surface area contributed by atoms with Crippen molar-refractivity contribution in [2.75, 3.05) is 11.9 Å². The number of halogens is 1. The maximum Gasteiger partial charge on any atom is 0.137 e. The first-order valence-electron chi connectivity index (χ1n) is 6.91. The third-order valence-electron chi connectivity index (χ3n) is 3.09. The smallest absolute Gasteiger partial charge is 0.137 e. The van der Waals surface area contributed by atoms with E-state index in [1.165, 1.54) is 5.56 Å². The van der Waals surface area contributed by atoms with Crippen LogP contribution in [0, 0.1) is 6.92 Å². The molecule has 3 heteroatoms. The van der Waals surface area contributed by atoms with Crippen molar-refractivity contribution in [2.45, 2.75) is 26.8 Å². The molecule has 0 saturated carbocycles. The Morgan fingerprint density at radius 1 is 1.15 bits per heavy atom. The monoisotopic (exact) mass is 289 g/mol. The van der Waals surface area contributed by atoms with Crippen molar-refractivity contribution in [3.63, 3.8) is 0 Å². The lowest BCUT2D eigenvalue weighted by molar-refractivity contribution is 0.317. The molecule has 106 valence electrons. The van der Waals surface area contributed by atoms with Crippen molar-refractivity contribution in [3.8, 4) is 5.75 Å². The molecule has 0 heterocycles. The van der Waals surface area contributed by atoms with E-state index in [4.69, 9.17) is 16.3 Å². The summed E-state index contributed by atoms with van der Waals surface area (Å²) in [4.78, 5) is 0. The molecular formula is C17H20ClNO. The van der Waals surface area contributed by atoms with E-state index in [2.05, 4.69) is 31.3 Å². The summed E-state index contributed by atoms with van der Waals surface area (Å²) in [5.74, 6) is 0.758. The molecule has 0 aliphatic carbocycles. The number of rotatable bonds is 6. The summed E-state index contributed by atoms with van der Waals surface area (Å²) in [5, 5.41) is 4.09. The molecule has 0 spiro atoms. The molecule has 1 N–H and O–H groups in total. The van der Waals surface area contributed by atoms with Crippen molar-refractivity contribution in [1.82, 2.24) is 0 Å². The molecule has 2 aromatic rings. The van der Waals surface area contributed by atoms with Crippen LogP contribution in [0.5, 0.6) is 5.75 Å². The van der Waals surface area contributed by atoms with Gasteiger partial charge in [0.1, 0.15) is 5.75 Å². The molecule has 20 heavy (non-hydrogen) atoms. The molecule has 0 aromatic heterocycles. The van der Waals surface area contributed by atoms with Gasteiger partial charge in [-0.2, -0.15) is 0 Å². The first-order valence-corrected chi connectivity index (χ1v) is 7.29. The zero-order chi connectivity index (χ0) is 14.4. The number of anilines is 1. The Labute approximate surface area is 125 Å². The lowest BCUT2D eigenvalue weighted by Gasteiger charge is -2.11. The van der Waals surface area contributed by atoms with Crippen LogP contribution in [0.25, 0.3) is 0 Å². The van der Waals surface area contributed by atoms with Gasteiger partial charge in [-0.25, -0.2) is 0 Å². The Morgan fingerprint density at radius 2 is 1.95 bits per heavy atom. The van der Waals surface area contributed by atoms with E-state index in [9.17, 15) is 0 Å². The summed E-state index contributed by atoms with van der Waals surface area (Å²) in [6.07, 6.45) is 0.979. The Balaban J connectivity index is 2.00. The average molecular weight is 290 g/mol. The maximum atomic E-state index is 6.23. The van der Waals surface area contributed by atoms with E-state index in [-0.39, 0.29) is 0 Å². The SMILES string of the molecule is CCCOc1ccc(CNc2ccccc2C)cc1Cl. The van der Waals surface area contributed by atoms with E-state index in [0.717, 1.165) is 30.0 Å². The normalized spacial score (nSPS) is 10.3. The summed E-state index contributed by atoms with van der Waals surface area (Å²) in [5.41, 5.74) is 3.53. The van der Waals surface area contributed by atoms with E-state index in [1.807, 2.05) is 30.3 Å². The molecule has 2 nitrogen and oxygen atoms in total. The van der Waals surface area contributed by atoms with Gasteiger partial charge in [0.15, 0.2) is 0 Å². The van der Waals surface area contributed by atoms with Gasteiger partial charge in [0.2, 0.25) is 0 Å². The third kappa shape index (κ3) is 3.91. The predicted molar refractivity (Wildman–Crippen MR) is 85.7 cm³/mol. The zero-order valence-electron chi connectivity index (χ0n) is 11.9. The van der Waals surface area contributed by atoms with Crippen LogP contribution in [0.2, 0.25) is 5.02 Å². The van der Waals surface area contributed by atoms with Gasteiger partial charge < -0.3 is 10.1 Å². The van der Waals surface area contributed by atoms with Crippen molar-refractivity contribution < 1.29 is 4.74 Å². The first kappa shape index (κ1) is 14.7. The minimum Gasteiger partial charge on any atom is -0.492 e. The van der Waals surface area contributed by atoms with Crippen LogP contribution in [0.1, 0.15) is 24.5 Å². The molecule has 0 radical (unpaired) electrons. The lowest BCUT2D eigenvalue weighted by atomic mass is 10.1. The highest BCUT2D eigenvalue weighted by atomic mass is 35.5. The first-order chi connectivity index (χ1) is 9.70. The lowest BCUT2D eigenvalue weighted by Crippen LogP contribution is -2.01. The van der Waals surface area contributed by atoms with E-state index < -0.39 is 0 Å². The number of benzene rings is 2. The molecule has 2 aromatic carbocycles. The molecule has 0 fully saturated rings. The van der Waals surface area contributed by atoms with Crippen molar-refractivity contribution >= 4 is 17.3 Å². The number of hydrogen-bond donors (Lipinski definition) is 1. The number of aryl methyl sites for hydroxylation is 1. The molecule has 0 bridgehead atoms.